The van der Waals surface area contributed by atoms with Crippen molar-refractivity contribution in [3.05, 3.63) is 24.2 Å². The smallest absolute Gasteiger partial charge is 0.454 e. The van der Waals surface area contributed by atoms with Gasteiger partial charge in [-0.2, -0.15) is 5.10 Å². The second kappa shape index (κ2) is 9.06. The second-order valence-corrected chi connectivity index (χ2v) is 8.69. The first-order valence-corrected chi connectivity index (χ1v) is 10.8. The molecule has 0 unspecified atom stereocenters. The van der Waals surface area contributed by atoms with Crippen molar-refractivity contribution in [1.29, 1.82) is 0 Å². The van der Waals surface area contributed by atoms with Gasteiger partial charge in [-0.3, -0.25) is 14.5 Å². The zero-order valence-corrected chi connectivity index (χ0v) is 19.3. The van der Waals surface area contributed by atoms with Gasteiger partial charge in [0.1, 0.15) is 30.2 Å². The van der Waals surface area contributed by atoms with Gasteiger partial charge in [-0.15, -0.1) is 0 Å². The number of likely N-dealkylation sites (N-methyl/N-ethyl adjacent to an activating group) is 1. The summed E-state index contributed by atoms with van der Waals surface area (Å²) in [7, 11) is 1.60. The van der Waals surface area contributed by atoms with Gasteiger partial charge in [0.25, 0.3) is 0 Å². The molecule has 0 saturated carbocycles. The van der Waals surface area contributed by atoms with Crippen LogP contribution in [0.2, 0.25) is 0 Å². The summed E-state index contributed by atoms with van der Waals surface area (Å²) in [6.45, 7) is 4.49. The maximum absolute atomic E-state index is 12.7. The average Bonchev–Trinajstić information content (AvgIpc) is 3.29. The molecule has 2 fully saturated rings. The van der Waals surface area contributed by atoms with Gasteiger partial charge >= 0.3 is 18.1 Å². The standard InChI is InChI=1S/C21H27N5O8/c1-11(2)31-20(29)30-9-13-17-18(33-16(28)8-25(4)7-15(27)32-17)21(3,34-13)14-6-5-12-19(22)23-10-24-26(12)14/h5-6,10-11,13,17-18H,7-9H2,1-4H3,(H2,22,23,24)/t13-,17-,18-,21+/m1/s1. The summed E-state index contributed by atoms with van der Waals surface area (Å²) >= 11 is 0. The summed E-state index contributed by atoms with van der Waals surface area (Å²) in [6.07, 6.45) is -3.09. The highest BCUT2D eigenvalue weighted by Crippen LogP contribution is 2.43. The minimum atomic E-state index is -1.34. The Morgan fingerprint density at radius 3 is 2.68 bits per heavy atom. The Morgan fingerprint density at radius 2 is 1.97 bits per heavy atom. The van der Waals surface area contributed by atoms with Crippen molar-refractivity contribution in [2.75, 3.05) is 32.5 Å². The van der Waals surface area contributed by atoms with Crippen LogP contribution in [0.15, 0.2) is 18.5 Å². The van der Waals surface area contributed by atoms with Crippen LogP contribution >= 0.6 is 0 Å². The molecule has 2 N–H and O–H groups in total. The number of rotatable bonds is 4. The van der Waals surface area contributed by atoms with Crippen LogP contribution in [0, 0.1) is 0 Å². The Labute approximate surface area is 195 Å². The van der Waals surface area contributed by atoms with E-state index in [0.29, 0.717) is 11.2 Å². The Kier molecular flexibility index (Phi) is 6.32. The van der Waals surface area contributed by atoms with E-state index in [-0.39, 0.29) is 31.6 Å². The van der Waals surface area contributed by atoms with Gasteiger partial charge in [0.05, 0.1) is 24.9 Å². The summed E-state index contributed by atoms with van der Waals surface area (Å²) in [5.74, 6) is -0.901. The molecule has 0 spiro atoms. The molecule has 2 aliphatic rings. The lowest BCUT2D eigenvalue weighted by atomic mass is 9.92. The fourth-order valence-corrected chi connectivity index (χ4v) is 4.18. The largest absolute Gasteiger partial charge is 0.508 e. The van der Waals surface area contributed by atoms with E-state index in [2.05, 4.69) is 10.1 Å². The lowest BCUT2D eigenvalue weighted by Gasteiger charge is -2.30. The molecular weight excluding hydrogens is 450 g/mol. The first kappa shape index (κ1) is 23.7. The molecule has 184 valence electrons. The molecule has 2 aliphatic heterocycles. The van der Waals surface area contributed by atoms with Crippen molar-refractivity contribution in [3.8, 4) is 0 Å². The van der Waals surface area contributed by atoms with Crippen LogP contribution in [0.1, 0.15) is 26.5 Å². The third kappa shape index (κ3) is 4.48. The molecule has 0 amide bonds. The molecule has 0 aromatic carbocycles. The molecule has 34 heavy (non-hydrogen) atoms. The van der Waals surface area contributed by atoms with Crippen LogP contribution in [0.25, 0.3) is 5.52 Å². The molecule has 0 radical (unpaired) electrons. The van der Waals surface area contributed by atoms with E-state index in [4.69, 9.17) is 29.4 Å². The first-order chi connectivity index (χ1) is 16.1. The number of nitrogen functional groups attached to an aromatic ring is 1. The molecule has 2 aromatic heterocycles. The number of carbonyl (C=O) groups excluding carboxylic acids is 3. The third-order valence-electron chi connectivity index (χ3n) is 5.62. The molecule has 2 aromatic rings. The monoisotopic (exact) mass is 477 g/mol. The number of nitrogens with two attached hydrogens (primary N) is 1. The summed E-state index contributed by atoms with van der Waals surface area (Å²) in [5, 5.41) is 4.25. The number of aromatic nitrogens is 3. The van der Waals surface area contributed by atoms with Crippen LogP contribution in [0.5, 0.6) is 0 Å². The molecule has 0 aliphatic carbocycles. The summed E-state index contributed by atoms with van der Waals surface area (Å²) in [5.41, 5.74) is 5.63. The molecule has 4 atom stereocenters. The molecule has 2 saturated heterocycles. The molecule has 13 nitrogen and oxygen atoms in total. The average molecular weight is 477 g/mol. The van der Waals surface area contributed by atoms with Crippen LogP contribution in [-0.4, -0.2) is 88.8 Å². The fourth-order valence-electron chi connectivity index (χ4n) is 4.18. The van der Waals surface area contributed by atoms with Crippen LogP contribution in [0.3, 0.4) is 0 Å². The van der Waals surface area contributed by atoms with Crippen molar-refractivity contribution in [2.45, 2.75) is 50.8 Å². The maximum atomic E-state index is 12.7. The normalized spacial score (nSPS) is 28.0. The van der Waals surface area contributed by atoms with Gasteiger partial charge in [0.15, 0.2) is 18.0 Å². The van der Waals surface area contributed by atoms with E-state index in [1.54, 1.807) is 40.0 Å². The zero-order chi connectivity index (χ0) is 24.6. The fraction of sp³-hybridized carbons (Fsp3) is 0.571. The highest BCUT2D eigenvalue weighted by atomic mass is 16.7. The predicted octanol–water partition coefficient (Wildman–Crippen LogP) is 0.256. The van der Waals surface area contributed by atoms with Crippen molar-refractivity contribution >= 4 is 29.4 Å². The van der Waals surface area contributed by atoms with Gasteiger partial charge < -0.3 is 29.4 Å². The SMILES string of the molecule is CC(C)OC(=O)OC[C@H]1O[C@@](C)(c2ccc3c(N)ncnn23)[C@@H]2OC(=O)CN(C)CC(=O)O[C@@H]21. The Morgan fingerprint density at radius 1 is 1.26 bits per heavy atom. The van der Waals surface area contributed by atoms with Gasteiger partial charge in [-0.25, -0.2) is 14.3 Å². The van der Waals surface area contributed by atoms with Gasteiger partial charge in [-0.05, 0) is 40.0 Å². The van der Waals surface area contributed by atoms with E-state index in [1.165, 1.54) is 15.7 Å². The summed E-state index contributed by atoms with van der Waals surface area (Å²) in [6, 6.07) is 3.41. The second-order valence-electron chi connectivity index (χ2n) is 8.69. The Balaban J connectivity index is 1.73. The van der Waals surface area contributed by atoms with Crippen molar-refractivity contribution in [1.82, 2.24) is 19.5 Å². The van der Waals surface area contributed by atoms with E-state index >= 15 is 0 Å². The summed E-state index contributed by atoms with van der Waals surface area (Å²) < 4.78 is 29.5. The minimum absolute atomic E-state index is 0.125. The first-order valence-electron chi connectivity index (χ1n) is 10.8. The van der Waals surface area contributed by atoms with Crippen molar-refractivity contribution in [3.63, 3.8) is 0 Å². The highest BCUT2D eigenvalue weighted by molar-refractivity contribution is 5.76. The van der Waals surface area contributed by atoms with Crippen molar-refractivity contribution in [2.24, 2.45) is 0 Å². The number of ether oxygens (including phenoxy) is 5. The van der Waals surface area contributed by atoms with E-state index in [9.17, 15) is 14.4 Å². The molecule has 13 heteroatoms. The van der Waals surface area contributed by atoms with E-state index in [0.717, 1.165) is 0 Å². The lowest BCUT2D eigenvalue weighted by molar-refractivity contribution is -0.167. The third-order valence-corrected chi connectivity index (χ3v) is 5.62. The molecule has 4 rings (SSSR count). The summed E-state index contributed by atoms with van der Waals surface area (Å²) in [4.78, 5) is 42.7. The number of fused-ring (bicyclic) bond motifs is 2. The number of carbonyl (C=O) groups is 3. The number of anilines is 1. The highest BCUT2D eigenvalue weighted by Gasteiger charge is 2.59. The minimum Gasteiger partial charge on any atom is -0.454 e. The van der Waals surface area contributed by atoms with Gasteiger partial charge in [-0.1, -0.05) is 0 Å². The van der Waals surface area contributed by atoms with Crippen LogP contribution < -0.4 is 5.73 Å². The Bertz CT molecular complexity index is 1100. The number of nitrogens with zero attached hydrogens (tertiary/aromatic N) is 4. The molecule has 4 heterocycles. The van der Waals surface area contributed by atoms with Crippen LogP contribution in [-0.2, 0) is 38.9 Å². The number of esters is 2. The van der Waals surface area contributed by atoms with E-state index < -0.39 is 42.0 Å². The van der Waals surface area contributed by atoms with Gasteiger partial charge in [0.2, 0.25) is 0 Å². The number of hydrogen-bond acceptors (Lipinski definition) is 12. The molecular formula is C21H27N5O8. The zero-order valence-electron chi connectivity index (χ0n) is 19.3. The number of hydrogen-bond donors (Lipinski definition) is 1. The molecule has 0 bridgehead atoms. The van der Waals surface area contributed by atoms with Crippen molar-refractivity contribution < 1.29 is 38.1 Å². The maximum Gasteiger partial charge on any atom is 0.508 e. The van der Waals surface area contributed by atoms with Gasteiger partial charge in [0, 0.05) is 0 Å². The Hall–Kier alpha value is -3.45. The lowest BCUT2D eigenvalue weighted by Crippen LogP contribution is -2.45. The quantitative estimate of drug-likeness (QED) is 0.474. The topological polar surface area (TPSA) is 157 Å². The predicted molar refractivity (Wildman–Crippen MR) is 114 cm³/mol. The van der Waals surface area contributed by atoms with Crippen LogP contribution in [0.4, 0.5) is 10.6 Å². The van der Waals surface area contributed by atoms with E-state index in [1.807, 2.05) is 0 Å².